The van der Waals surface area contributed by atoms with Gasteiger partial charge in [-0.1, -0.05) is 29.5 Å². The molecular formula is C20H21N5S2. The monoisotopic (exact) mass is 395 g/mol. The first-order valence-corrected chi connectivity index (χ1v) is 11.0. The number of aromatic nitrogens is 3. The second kappa shape index (κ2) is 6.73. The molecule has 0 amide bonds. The number of piperidine rings is 1. The fourth-order valence-corrected chi connectivity index (χ4v) is 5.52. The number of fused-ring (bicyclic) bond motifs is 1. The molecule has 0 bridgehead atoms. The Kier molecular flexibility index (Phi) is 4.21. The van der Waals surface area contributed by atoms with Gasteiger partial charge in [-0.2, -0.15) is 0 Å². The van der Waals surface area contributed by atoms with Crippen molar-refractivity contribution in [1.82, 2.24) is 15.2 Å². The fourth-order valence-electron chi connectivity index (χ4n) is 3.96. The van der Waals surface area contributed by atoms with Gasteiger partial charge < -0.3 is 10.6 Å². The van der Waals surface area contributed by atoms with E-state index < -0.39 is 0 Å². The van der Waals surface area contributed by atoms with Crippen LogP contribution in [0.2, 0.25) is 0 Å². The number of rotatable bonds is 3. The van der Waals surface area contributed by atoms with Gasteiger partial charge in [0, 0.05) is 29.1 Å². The topological polar surface area (TPSA) is 67.9 Å². The Labute approximate surface area is 166 Å². The first-order valence-electron chi connectivity index (χ1n) is 9.34. The molecule has 3 heterocycles. The molecule has 1 aliphatic heterocycles. The number of thiazole rings is 1. The van der Waals surface area contributed by atoms with Crippen molar-refractivity contribution in [3.05, 3.63) is 46.5 Å². The van der Waals surface area contributed by atoms with Crippen molar-refractivity contribution in [3.8, 4) is 10.6 Å². The molecule has 5 rings (SSSR count). The molecular weight excluding hydrogens is 374 g/mol. The zero-order valence-electron chi connectivity index (χ0n) is 15.2. The molecule has 2 aromatic heterocycles. The van der Waals surface area contributed by atoms with Crippen LogP contribution in [-0.2, 0) is 6.42 Å². The highest BCUT2D eigenvalue weighted by Crippen LogP contribution is 2.38. The van der Waals surface area contributed by atoms with E-state index in [1.807, 2.05) is 0 Å². The molecule has 3 aromatic rings. The largest absolute Gasteiger partial charge is 0.374 e. The van der Waals surface area contributed by atoms with Gasteiger partial charge >= 0.3 is 0 Å². The van der Waals surface area contributed by atoms with Gasteiger partial charge in [-0.3, -0.25) is 0 Å². The van der Waals surface area contributed by atoms with E-state index >= 15 is 0 Å². The summed E-state index contributed by atoms with van der Waals surface area (Å²) in [7, 11) is 0. The zero-order chi connectivity index (χ0) is 18.4. The summed E-state index contributed by atoms with van der Waals surface area (Å²) in [5.74, 6) is 0. The van der Waals surface area contributed by atoms with Crippen molar-refractivity contribution in [2.75, 3.05) is 17.2 Å². The molecule has 27 heavy (non-hydrogen) atoms. The van der Waals surface area contributed by atoms with Crippen LogP contribution in [0.4, 0.5) is 10.3 Å². The van der Waals surface area contributed by atoms with Crippen molar-refractivity contribution >= 4 is 38.5 Å². The maximum absolute atomic E-state index is 5.75. The Balaban J connectivity index is 1.47. The molecule has 1 atom stereocenters. The van der Waals surface area contributed by atoms with Crippen molar-refractivity contribution in [3.63, 3.8) is 0 Å². The average molecular weight is 396 g/mol. The maximum atomic E-state index is 5.75. The number of benzene rings is 1. The second-order valence-electron chi connectivity index (χ2n) is 7.19. The van der Waals surface area contributed by atoms with Crippen molar-refractivity contribution < 1.29 is 0 Å². The maximum Gasteiger partial charge on any atom is 0.203 e. The summed E-state index contributed by atoms with van der Waals surface area (Å²) in [6.07, 6.45) is 7.10. The molecule has 0 spiro atoms. The lowest BCUT2D eigenvalue weighted by molar-refractivity contribution is 0.484. The highest BCUT2D eigenvalue weighted by Gasteiger charge is 2.24. The number of hydrogen-bond acceptors (Lipinski definition) is 7. The summed E-state index contributed by atoms with van der Waals surface area (Å²) in [6.45, 7) is 3.43. The third kappa shape index (κ3) is 3.04. The SMILES string of the molecule is C[C@@H]1CCCCN1c1nc(C2=CCc3ccc(-c4nnc(N)s4)cc32)cs1. The molecule has 5 nitrogen and oxygen atoms in total. The molecule has 0 unspecified atom stereocenters. The highest BCUT2D eigenvalue weighted by atomic mass is 32.1. The van der Waals surface area contributed by atoms with Crippen LogP contribution in [0.3, 0.4) is 0 Å². The minimum absolute atomic E-state index is 0.501. The molecule has 2 aliphatic rings. The van der Waals surface area contributed by atoms with Gasteiger partial charge in [0.25, 0.3) is 0 Å². The van der Waals surface area contributed by atoms with E-state index in [0.29, 0.717) is 11.2 Å². The van der Waals surface area contributed by atoms with Gasteiger partial charge in [0.15, 0.2) is 5.13 Å². The normalized spacial score (nSPS) is 19.2. The third-order valence-electron chi connectivity index (χ3n) is 5.43. The number of nitrogens with zero attached hydrogens (tertiary/aromatic N) is 4. The number of nitrogen functional groups attached to an aromatic ring is 1. The minimum atomic E-state index is 0.501. The summed E-state index contributed by atoms with van der Waals surface area (Å²) in [5.41, 5.74) is 11.7. The second-order valence-corrected chi connectivity index (χ2v) is 9.04. The van der Waals surface area contributed by atoms with Crippen LogP contribution in [0.5, 0.6) is 0 Å². The lowest BCUT2D eigenvalue weighted by Crippen LogP contribution is -2.37. The van der Waals surface area contributed by atoms with Crippen LogP contribution >= 0.6 is 22.7 Å². The Bertz CT molecular complexity index is 1020. The minimum Gasteiger partial charge on any atom is -0.374 e. The molecule has 1 aliphatic carbocycles. The highest BCUT2D eigenvalue weighted by molar-refractivity contribution is 7.18. The van der Waals surface area contributed by atoms with E-state index in [0.717, 1.165) is 34.4 Å². The molecule has 0 saturated carbocycles. The van der Waals surface area contributed by atoms with E-state index in [4.69, 9.17) is 10.7 Å². The van der Waals surface area contributed by atoms with E-state index in [1.165, 1.54) is 47.3 Å². The molecule has 0 radical (unpaired) electrons. The van der Waals surface area contributed by atoms with Gasteiger partial charge in [-0.25, -0.2) is 4.98 Å². The van der Waals surface area contributed by atoms with E-state index in [1.54, 1.807) is 11.3 Å². The van der Waals surface area contributed by atoms with Gasteiger partial charge in [0.05, 0.1) is 5.69 Å². The Morgan fingerprint density at radius 1 is 1.22 bits per heavy atom. The summed E-state index contributed by atoms with van der Waals surface area (Å²) < 4.78 is 0. The van der Waals surface area contributed by atoms with Crippen LogP contribution in [0.1, 0.15) is 43.0 Å². The number of anilines is 2. The van der Waals surface area contributed by atoms with Gasteiger partial charge in [-0.05, 0) is 49.8 Å². The van der Waals surface area contributed by atoms with Gasteiger partial charge in [0.1, 0.15) is 5.01 Å². The average Bonchev–Trinajstić information content (AvgIpc) is 3.40. The Morgan fingerprint density at radius 3 is 2.96 bits per heavy atom. The molecule has 138 valence electrons. The zero-order valence-corrected chi connectivity index (χ0v) is 16.8. The van der Waals surface area contributed by atoms with Crippen LogP contribution in [0, 0.1) is 0 Å². The summed E-state index contributed by atoms with van der Waals surface area (Å²) in [6, 6.07) is 7.08. The third-order valence-corrected chi connectivity index (χ3v) is 7.11. The number of hydrogen-bond donors (Lipinski definition) is 1. The predicted octanol–water partition coefficient (Wildman–Crippen LogP) is 4.61. The Morgan fingerprint density at radius 2 is 2.15 bits per heavy atom. The first kappa shape index (κ1) is 16.9. The van der Waals surface area contributed by atoms with Crippen LogP contribution in [-0.4, -0.2) is 27.8 Å². The molecule has 1 aromatic carbocycles. The first-order chi connectivity index (χ1) is 13.2. The van der Waals surface area contributed by atoms with Gasteiger partial charge in [0.2, 0.25) is 5.13 Å². The van der Waals surface area contributed by atoms with Crippen LogP contribution in [0.15, 0.2) is 29.7 Å². The molecule has 1 fully saturated rings. The van der Waals surface area contributed by atoms with Crippen molar-refractivity contribution in [1.29, 1.82) is 0 Å². The van der Waals surface area contributed by atoms with E-state index in [9.17, 15) is 0 Å². The molecule has 2 N–H and O–H groups in total. The van der Waals surface area contributed by atoms with E-state index in [2.05, 4.69) is 51.7 Å². The van der Waals surface area contributed by atoms with E-state index in [-0.39, 0.29) is 0 Å². The summed E-state index contributed by atoms with van der Waals surface area (Å²) in [5, 5.41) is 12.8. The smallest absolute Gasteiger partial charge is 0.203 e. The van der Waals surface area contributed by atoms with Crippen molar-refractivity contribution in [2.24, 2.45) is 0 Å². The standard InChI is InChI=1S/C20H21N5S2/c1-12-4-2-3-9-25(12)20-22-17(11-26-20)15-8-7-13-5-6-14(10-16(13)15)18-23-24-19(21)27-18/h5-6,8,10-12H,2-4,7,9H2,1H3,(H2,21,24)/t12-/m1/s1. The number of nitrogens with two attached hydrogens (primary N) is 1. The fraction of sp³-hybridized carbons (Fsp3) is 0.350. The van der Waals surface area contributed by atoms with Gasteiger partial charge in [-0.15, -0.1) is 21.5 Å². The summed E-state index contributed by atoms with van der Waals surface area (Å²) >= 11 is 3.18. The molecule has 1 saturated heterocycles. The quantitative estimate of drug-likeness (QED) is 0.701. The van der Waals surface area contributed by atoms with Crippen LogP contribution < -0.4 is 10.6 Å². The lowest BCUT2D eigenvalue weighted by Gasteiger charge is -2.33. The van der Waals surface area contributed by atoms with Crippen LogP contribution in [0.25, 0.3) is 16.1 Å². The molecule has 7 heteroatoms. The summed E-state index contributed by atoms with van der Waals surface area (Å²) in [4.78, 5) is 7.47. The Hall–Kier alpha value is -2.25. The number of allylic oxidation sites excluding steroid dienone is 1. The van der Waals surface area contributed by atoms with Crippen molar-refractivity contribution in [2.45, 2.75) is 38.6 Å². The lowest BCUT2D eigenvalue weighted by atomic mass is 10.0. The predicted molar refractivity (Wildman–Crippen MR) is 113 cm³/mol.